The minimum Gasteiger partial charge on any atom is -0.366 e. The molecule has 0 saturated carbocycles. The van der Waals surface area contributed by atoms with Gasteiger partial charge in [-0.25, -0.2) is 0 Å². The highest BCUT2D eigenvalue weighted by Crippen LogP contribution is 2.39. The van der Waals surface area contributed by atoms with Crippen LogP contribution in [0, 0.1) is 0 Å². The van der Waals surface area contributed by atoms with Crippen molar-refractivity contribution in [3.05, 3.63) is 64.4 Å². The van der Waals surface area contributed by atoms with E-state index in [1.54, 1.807) is 18.0 Å². The summed E-state index contributed by atoms with van der Waals surface area (Å²) >= 11 is 5.03. The molecule has 1 atom stereocenters. The quantitative estimate of drug-likeness (QED) is 0.864. The van der Waals surface area contributed by atoms with Gasteiger partial charge in [0.25, 0.3) is 0 Å². The standard InChI is InChI=1S/C17H18BrN3OS/c1-2-21-16(20-11-13-4-3-9-19-10-13)23-12-17(21,22)14-5-7-15(18)8-6-14/h3-10,22H,2,11-12H2,1H3. The van der Waals surface area contributed by atoms with Crippen molar-refractivity contribution in [2.75, 3.05) is 12.3 Å². The van der Waals surface area contributed by atoms with Crippen LogP contribution in [0.5, 0.6) is 0 Å². The maximum absolute atomic E-state index is 11.2. The van der Waals surface area contributed by atoms with Gasteiger partial charge in [-0.05, 0) is 30.7 Å². The topological polar surface area (TPSA) is 48.7 Å². The lowest BCUT2D eigenvalue weighted by atomic mass is 10.0. The number of hydrogen-bond donors (Lipinski definition) is 1. The van der Waals surface area contributed by atoms with E-state index >= 15 is 0 Å². The minimum absolute atomic E-state index is 0.573. The zero-order valence-electron chi connectivity index (χ0n) is 12.8. The van der Waals surface area contributed by atoms with Crippen molar-refractivity contribution >= 4 is 32.9 Å². The van der Waals surface area contributed by atoms with E-state index in [1.165, 1.54) is 0 Å². The van der Waals surface area contributed by atoms with E-state index in [0.29, 0.717) is 18.8 Å². The molecule has 0 aliphatic carbocycles. The van der Waals surface area contributed by atoms with E-state index in [2.05, 4.69) is 25.9 Å². The first-order valence-corrected chi connectivity index (χ1v) is 9.23. The highest BCUT2D eigenvalue weighted by atomic mass is 79.9. The van der Waals surface area contributed by atoms with Gasteiger partial charge in [-0.3, -0.25) is 9.98 Å². The van der Waals surface area contributed by atoms with Crippen LogP contribution in [0.2, 0.25) is 0 Å². The number of aliphatic imine (C=N–C) groups is 1. The van der Waals surface area contributed by atoms with Gasteiger partial charge >= 0.3 is 0 Å². The number of halogens is 1. The lowest BCUT2D eigenvalue weighted by molar-refractivity contribution is -0.0453. The van der Waals surface area contributed by atoms with Crippen LogP contribution in [0.1, 0.15) is 18.1 Å². The SMILES string of the molecule is CCN1C(=NCc2cccnc2)SCC1(O)c1ccc(Br)cc1. The summed E-state index contributed by atoms with van der Waals surface area (Å²) in [6.07, 6.45) is 3.58. The monoisotopic (exact) mass is 391 g/mol. The Morgan fingerprint density at radius 2 is 2.13 bits per heavy atom. The molecule has 1 fully saturated rings. The van der Waals surface area contributed by atoms with Crippen molar-refractivity contribution in [3.8, 4) is 0 Å². The summed E-state index contributed by atoms with van der Waals surface area (Å²) in [5.74, 6) is 0.578. The van der Waals surface area contributed by atoms with Gasteiger partial charge in [-0.15, -0.1) is 0 Å². The van der Waals surface area contributed by atoms with Gasteiger partial charge in [0.1, 0.15) is 0 Å². The largest absolute Gasteiger partial charge is 0.366 e. The van der Waals surface area contributed by atoms with Gasteiger partial charge in [0.15, 0.2) is 10.9 Å². The predicted octanol–water partition coefficient (Wildman–Crippen LogP) is 3.61. The lowest BCUT2D eigenvalue weighted by Gasteiger charge is -2.33. The molecular weight excluding hydrogens is 374 g/mol. The highest BCUT2D eigenvalue weighted by Gasteiger charge is 2.43. The van der Waals surface area contributed by atoms with E-state index in [4.69, 9.17) is 0 Å². The van der Waals surface area contributed by atoms with Crippen LogP contribution in [-0.2, 0) is 12.3 Å². The number of nitrogens with zero attached hydrogens (tertiary/aromatic N) is 3. The number of aliphatic hydroxyl groups is 1. The third-order valence-electron chi connectivity index (χ3n) is 3.82. The average Bonchev–Trinajstić information content (AvgIpc) is 2.91. The predicted molar refractivity (Wildman–Crippen MR) is 98.3 cm³/mol. The summed E-state index contributed by atoms with van der Waals surface area (Å²) in [4.78, 5) is 10.8. The molecule has 23 heavy (non-hydrogen) atoms. The van der Waals surface area contributed by atoms with Crippen LogP contribution >= 0.6 is 27.7 Å². The molecule has 120 valence electrons. The van der Waals surface area contributed by atoms with E-state index in [1.807, 2.05) is 54.4 Å². The summed E-state index contributed by atoms with van der Waals surface area (Å²) in [5.41, 5.74) is 0.950. The first kappa shape index (κ1) is 16.5. The normalized spacial score (nSPS) is 22.7. The third kappa shape index (κ3) is 3.44. The molecule has 1 unspecified atom stereocenters. The first-order chi connectivity index (χ1) is 11.1. The molecular formula is C17H18BrN3OS. The molecule has 6 heteroatoms. The van der Waals surface area contributed by atoms with Crippen molar-refractivity contribution in [1.82, 2.24) is 9.88 Å². The Morgan fingerprint density at radius 1 is 1.35 bits per heavy atom. The van der Waals surface area contributed by atoms with Gasteiger partial charge in [0.2, 0.25) is 0 Å². The second-order valence-electron chi connectivity index (χ2n) is 5.32. The van der Waals surface area contributed by atoms with Gasteiger partial charge in [-0.2, -0.15) is 0 Å². The molecule has 0 bridgehead atoms. The molecule has 2 heterocycles. The number of benzene rings is 1. The fourth-order valence-electron chi connectivity index (χ4n) is 2.61. The van der Waals surface area contributed by atoms with Crippen molar-refractivity contribution in [3.63, 3.8) is 0 Å². The minimum atomic E-state index is -1.01. The average molecular weight is 392 g/mol. The number of thioether (sulfide) groups is 1. The maximum Gasteiger partial charge on any atom is 0.175 e. The number of hydrogen-bond acceptors (Lipinski definition) is 4. The third-order valence-corrected chi connectivity index (χ3v) is 5.51. The Balaban J connectivity index is 1.83. The van der Waals surface area contributed by atoms with E-state index in [0.717, 1.165) is 20.8 Å². The number of amidine groups is 1. The molecule has 4 nitrogen and oxygen atoms in total. The van der Waals surface area contributed by atoms with Crippen LogP contribution in [-0.4, -0.2) is 32.5 Å². The van der Waals surface area contributed by atoms with Gasteiger partial charge in [0.05, 0.1) is 12.3 Å². The van der Waals surface area contributed by atoms with Crippen LogP contribution in [0.4, 0.5) is 0 Å². The Morgan fingerprint density at radius 3 is 2.78 bits per heavy atom. The summed E-state index contributed by atoms with van der Waals surface area (Å²) in [7, 11) is 0. The Hall–Kier alpha value is -1.37. The van der Waals surface area contributed by atoms with Gasteiger partial charge in [0, 0.05) is 29.0 Å². The zero-order chi connectivity index (χ0) is 16.3. The molecule has 1 aromatic carbocycles. The molecule has 1 saturated heterocycles. The smallest absolute Gasteiger partial charge is 0.175 e. The Labute approximate surface area is 148 Å². The Bertz CT molecular complexity index is 693. The van der Waals surface area contributed by atoms with Crippen molar-refractivity contribution < 1.29 is 5.11 Å². The van der Waals surface area contributed by atoms with E-state index in [9.17, 15) is 5.11 Å². The number of rotatable bonds is 4. The fraction of sp³-hybridized carbons (Fsp3) is 0.294. The highest BCUT2D eigenvalue weighted by molar-refractivity contribution is 9.10. The first-order valence-electron chi connectivity index (χ1n) is 7.45. The summed E-state index contributed by atoms with van der Waals surface area (Å²) in [5, 5.41) is 12.1. The molecule has 3 rings (SSSR count). The number of pyridine rings is 1. The van der Waals surface area contributed by atoms with Crippen LogP contribution in [0.25, 0.3) is 0 Å². The maximum atomic E-state index is 11.2. The molecule has 0 spiro atoms. The van der Waals surface area contributed by atoms with E-state index < -0.39 is 5.72 Å². The van der Waals surface area contributed by atoms with Crippen LogP contribution in [0.15, 0.2) is 58.3 Å². The summed E-state index contributed by atoms with van der Waals surface area (Å²) in [6, 6.07) is 11.7. The lowest BCUT2D eigenvalue weighted by Crippen LogP contribution is -2.44. The molecule has 1 N–H and O–H groups in total. The molecule has 0 radical (unpaired) electrons. The van der Waals surface area contributed by atoms with Crippen molar-refractivity contribution in [1.29, 1.82) is 0 Å². The van der Waals surface area contributed by atoms with Crippen molar-refractivity contribution in [2.24, 2.45) is 4.99 Å². The molecule has 1 aliphatic heterocycles. The second-order valence-corrected chi connectivity index (χ2v) is 7.17. The van der Waals surface area contributed by atoms with Crippen molar-refractivity contribution in [2.45, 2.75) is 19.2 Å². The van der Waals surface area contributed by atoms with Gasteiger partial charge in [-0.1, -0.05) is 45.9 Å². The van der Waals surface area contributed by atoms with Crippen LogP contribution < -0.4 is 0 Å². The van der Waals surface area contributed by atoms with Gasteiger partial charge < -0.3 is 10.0 Å². The fourth-order valence-corrected chi connectivity index (χ4v) is 4.12. The summed E-state index contributed by atoms with van der Waals surface area (Å²) in [6.45, 7) is 3.31. The number of aromatic nitrogens is 1. The second kappa shape index (κ2) is 7.03. The molecule has 2 aromatic rings. The summed E-state index contributed by atoms with van der Waals surface area (Å²) < 4.78 is 1.00. The zero-order valence-corrected chi connectivity index (χ0v) is 15.2. The molecule has 0 amide bonds. The molecule has 1 aliphatic rings. The molecule has 1 aromatic heterocycles. The van der Waals surface area contributed by atoms with Crippen LogP contribution in [0.3, 0.4) is 0 Å². The Kier molecular flexibility index (Phi) is 5.04. The van der Waals surface area contributed by atoms with E-state index in [-0.39, 0.29) is 0 Å².